The monoisotopic (exact) mass is 313 g/mol. The second-order valence-electron chi connectivity index (χ2n) is 6.07. The molecular weight excluding hydrogens is 294 g/mol. The maximum Gasteiger partial charge on any atom is 0.277 e. The van der Waals surface area contributed by atoms with E-state index in [4.69, 9.17) is 4.52 Å². The number of carbonyl (C=O) groups excluding carboxylic acids is 1. The van der Waals surface area contributed by atoms with Crippen LogP contribution < -0.4 is 10.2 Å². The van der Waals surface area contributed by atoms with Crippen molar-refractivity contribution >= 4 is 17.5 Å². The molecule has 23 heavy (non-hydrogen) atoms. The SMILES string of the molecule is O=C(Nc1noc2c1CCCC2)c1ccc(N2CCCC2)nn1. The van der Waals surface area contributed by atoms with Crippen molar-refractivity contribution in [3.63, 3.8) is 0 Å². The summed E-state index contributed by atoms with van der Waals surface area (Å²) in [5, 5.41) is 15.0. The summed E-state index contributed by atoms with van der Waals surface area (Å²) in [5.41, 5.74) is 1.31. The smallest absolute Gasteiger partial charge is 0.277 e. The number of carbonyl (C=O) groups is 1. The van der Waals surface area contributed by atoms with Crippen molar-refractivity contribution in [2.45, 2.75) is 38.5 Å². The number of nitrogens with one attached hydrogen (secondary N) is 1. The summed E-state index contributed by atoms with van der Waals surface area (Å²) in [5.74, 6) is 1.95. The molecule has 2 aromatic heterocycles. The molecule has 0 aromatic carbocycles. The van der Waals surface area contributed by atoms with E-state index in [1.807, 2.05) is 6.07 Å². The number of fused-ring (bicyclic) bond motifs is 1. The Bertz CT molecular complexity index is 704. The molecule has 7 heteroatoms. The number of anilines is 2. The molecule has 0 bridgehead atoms. The van der Waals surface area contributed by atoms with E-state index in [0.29, 0.717) is 11.5 Å². The first-order valence-corrected chi connectivity index (χ1v) is 8.19. The highest BCUT2D eigenvalue weighted by Crippen LogP contribution is 2.27. The first-order valence-electron chi connectivity index (χ1n) is 8.19. The second kappa shape index (κ2) is 5.98. The van der Waals surface area contributed by atoms with Gasteiger partial charge in [0.2, 0.25) is 0 Å². The van der Waals surface area contributed by atoms with Gasteiger partial charge >= 0.3 is 0 Å². The lowest BCUT2D eigenvalue weighted by molar-refractivity contribution is 0.102. The van der Waals surface area contributed by atoms with Crippen LogP contribution in [0.4, 0.5) is 11.6 Å². The molecule has 0 unspecified atom stereocenters. The minimum absolute atomic E-state index is 0.292. The Morgan fingerprint density at radius 3 is 2.70 bits per heavy atom. The van der Waals surface area contributed by atoms with E-state index in [0.717, 1.165) is 55.9 Å². The average Bonchev–Trinajstić information content (AvgIpc) is 3.25. The predicted molar refractivity (Wildman–Crippen MR) is 84.6 cm³/mol. The number of rotatable bonds is 3. The maximum absolute atomic E-state index is 12.3. The second-order valence-corrected chi connectivity index (χ2v) is 6.07. The Labute approximate surface area is 134 Å². The summed E-state index contributed by atoms with van der Waals surface area (Å²) < 4.78 is 5.30. The normalized spacial score (nSPS) is 17.1. The molecule has 0 spiro atoms. The van der Waals surface area contributed by atoms with E-state index in [-0.39, 0.29) is 5.91 Å². The molecule has 2 aromatic rings. The number of amides is 1. The fourth-order valence-corrected chi connectivity index (χ4v) is 3.22. The van der Waals surface area contributed by atoms with Crippen LogP contribution in [-0.4, -0.2) is 34.4 Å². The predicted octanol–water partition coefficient (Wildman–Crippen LogP) is 2.20. The summed E-state index contributed by atoms with van der Waals surface area (Å²) in [6.07, 6.45) is 6.36. The van der Waals surface area contributed by atoms with Gasteiger partial charge in [0, 0.05) is 25.1 Å². The average molecular weight is 313 g/mol. The molecule has 1 N–H and O–H groups in total. The molecule has 1 amide bonds. The van der Waals surface area contributed by atoms with Crippen molar-refractivity contribution in [3.05, 3.63) is 29.2 Å². The zero-order valence-corrected chi connectivity index (χ0v) is 12.9. The Hall–Kier alpha value is -2.44. The van der Waals surface area contributed by atoms with Crippen LogP contribution in [0.3, 0.4) is 0 Å². The molecule has 3 heterocycles. The topological polar surface area (TPSA) is 84.2 Å². The van der Waals surface area contributed by atoms with Crippen LogP contribution in [-0.2, 0) is 12.8 Å². The van der Waals surface area contributed by atoms with Gasteiger partial charge < -0.3 is 14.7 Å². The van der Waals surface area contributed by atoms with Gasteiger partial charge in [-0.25, -0.2) is 0 Å². The van der Waals surface area contributed by atoms with E-state index < -0.39 is 0 Å². The van der Waals surface area contributed by atoms with Crippen molar-refractivity contribution in [1.29, 1.82) is 0 Å². The van der Waals surface area contributed by atoms with Crippen LogP contribution in [0.15, 0.2) is 16.7 Å². The number of aryl methyl sites for hydroxylation is 1. The molecule has 0 radical (unpaired) electrons. The molecule has 120 valence electrons. The van der Waals surface area contributed by atoms with Crippen LogP contribution in [0.5, 0.6) is 0 Å². The Morgan fingerprint density at radius 2 is 1.91 bits per heavy atom. The highest BCUT2D eigenvalue weighted by atomic mass is 16.5. The molecular formula is C16H19N5O2. The Morgan fingerprint density at radius 1 is 1.09 bits per heavy atom. The highest BCUT2D eigenvalue weighted by Gasteiger charge is 2.22. The molecule has 7 nitrogen and oxygen atoms in total. The van der Waals surface area contributed by atoms with Gasteiger partial charge in [0.25, 0.3) is 5.91 Å². The lowest BCUT2D eigenvalue weighted by Gasteiger charge is -2.15. The van der Waals surface area contributed by atoms with Gasteiger partial charge in [-0.2, -0.15) is 0 Å². The maximum atomic E-state index is 12.3. The van der Waals surface area contributed by atoms with Gasteiger partial charge in [0.1, 0.15) is 5.76 Å². The molecule has 1 aliphatic heterocycles. The Kier molecular flexibility index (Phi) is 3.69. The van der Waals surface area contributed by atoms with E-state index in [1.165, 1.54) is 12.8 Å². The van der Waals surface area contributed by atoms with E-state index in [9.17, 15) is 4.79 Å². The zero-order chi connectivity index (χ0) is 15.6. The van der Waals surface area contributed by atoms with Crippen molar-refractivity contribution in [3.8, 4) is 0 Å². The summed E-state index contributed by atoms with van der Waals surface area (Å²) in [4.78, 5) is 14.5. The van der Waals surface area contributed by atoms with E-state index in [1.54, 1.807) is 6.07 Å². The zero-order valence-electron chi connectivity index (χ0n) is 12.9. The lowest BCUT2D eigenvalue weighted by atomic mass is 9.98. The minimum Gasteiger partial charge on any atom is -0.359 e. The fraction of sp³-hybridized carbons (Fsp3) is 0.500. The van der Waals surface area contributed by atoms with Crippen LogP contribution in [0.2, 0.25) is 0 Å². The quantitative estimate of drug-likeness (QED) is 0.935. The van der Waals surface area contributed by atoms with Crippen LogP contribution >= 0.6 is 0 Å². The van der Waals surface area contributed by atoms with Crippen LogP contribution in [0.25, 0.3) is 0 Å². The first kappa shape index (κ1) is 14.2. The molecule has 1 fully saturated rings. The summed E-state index contributed by atoms with van der Waals surface area (Å²) in [6.45, 7) is 2.01. The largest absolute Gasteiger partial charge is 0.359 e. The summed E-state index contributed by atoms with van der Waals surface area (Å²) in [7, 11) is 0. The number of hydrogen-bond acceptors (Lipinski definition) is 6. The van der Waals surface area contributed by atoms with Gasteiger partial charge in [-0.05, 0) is 44.2 Å². The third-order valence-corrected chi connectivity index (χ3v) is 4.50. The first-order chi connectivity index (χ1) is 11.3. The van der Waals surface area contributed by atoms with Gasteiger partial charge in [0.05, 0.1) is 0 Å². The molecule has 2 aliphatic rings. The van der Waals surface area contributed by atoms with Gasteiger partial charge in [-0.1, -0.05) is 5.16 Å². The van der Waals surface area contributed by atoms with Crippen molar-refractivity contribution in [2.24, 2.45) is 0 Å². The number of nitrogens with zero attached hydrogens (tertiary/aromatic N) is 4. The number of aromatic nitrogens is 3. The molecule has 0 saturated carbocycles. The standard InChI is InChI=1S/C16H19N5O2/c22-16(17-15-11-5-1-2-6-13(11)23-20-15)12-7-8-14(19-18-12)21-9-3-4-10-21/h7-8H,1-6,9-10H2,(H,17,20,22). The summed E-state index contributed by atoms with van der Waals surface area (Å²) in [6, 6.07) is 3.56. The summed E-state index contributed by atoms with van der Waals surface area (Å²) >= 11 is 0. The third-order valence-electron chi connectivity index (χ3n) is 4.50. The number of hydrogen-bond donors (Lipinski definition) is 1. The third kappa shape index (κ3) is 2.78. The Balaban J connectivity index is 1.47. The minimum atomic E-state index is -0.299. The molecule has 4 rings (SSSR count). The van der Waals surface area contributed by atoms with Gasteiger partial charge in [-0.15, -0.1) is 10.2 Å². The van der Waals surface area contributed by atoms with E-state index in [2.05, 4.69) is 25.6 Å². The fourth-order valence-electron chi connectivity index (χ4n) is 3.22. The van der Waals surface area contributed by atoms with E-state index >= 15 is 0 Å². The molecule has 1 aliphatic carbocycles. The van der Waals surface area contributed by atoms with Gasteiger partial charge in [-0.3, -0.25) is 4.79 Å². The van der Waals surface area contributed by atoms with Gasteiger partial charge in [0.15, 0.2) is 17.3 Å². The van der Waals surface area contributed by atoms with Crippen LogP contribution in [0, 0.1) is 0 Å². The molecule has 1 saturated heterocycles. The van der Waals surface area contributed by atoms with Crippen molar-refractivity contribution in [2.75, 3.05) is 23.3 Å². The lowest BCUT2D eigenvalue weighted by Crippen LogP contribution is -2.21. The van der Waals surface area contributed by atoms with Crippen molar-refractivity contribution in [1.82, 2.24) is 15.4 Å². The molecule has 0 atom stereocenters. The van der Waals surface area contributed by atoms with Crippen molar-refractivity contribution < 1.29 is 9.32 Å². The highest BCUT2D eigenvalue weighted by molar-refractivity contribution is 6.02. The van der Waals surface area contributed by atoms with Crippen LogP contribution in [0.1, 0.15) is 47.5 Å².